The molecule has 4 heterocycles. The number of amides is 2. The number of nitrogens with zero attached hydrogens (tertiary/aromatic N) is 5. The number of aliphatic hydroxyl groups excluding tert-OH is 1. The minimum atomic E-state index is -0.935. The molecule has 3 N–H and O–H groups in total. The summed E-state index contributed by atoms with van der Waals surface area (Å²) in [5.74, 6) is -0.953. The monoisotopic (exact) mass is 785 g/mol. The fourth-order valence-corrected chi connectivity index (χ4v) is 8.10. The molecule has 1 aliphatic carbocycles. The van der Waals surface area contributed by atoms with E-state index in [9.17, 15) is 19.5 Å². The van der Waals surface area contributed by atoms with Crippen molar-refractivity contribution in [1.82, 2.24) is 29.7 Å². The first-order valence-electron chi connectivity index (χ1n) is 20.5. The summed E-state index contributed by atoms with van der Waals surface area (Å²) in [6, 6.07) is 21.3. The number of hydrogen-bond acceptors (Lipinski definition) is 11. The number of Topliss-reactive ketones (excluding diaryl/α,β-unsaturated/α-hetero) is 1. The Balaban J connectivity index is 0.798. The van der Waals surface area contributed by atoms with Crippen LogP contribution in [0.5, 0.6) is 11.5 Å². The van der Waals surface area contributed by atoms with Crippen LogP contribution in [-0.2, 0) is 22.7 Å². The standard InChI is InChI=1S/C45H51N7O6/c1-2-3-19-46-45-47-26-37-38(28-52(42(37)48-45)33-13-15-34(53)16-14-33)32-11-7-30(8-12-32)27-51-22-20-50(21-23-51)24-25-57-29-31-9-17-35(18-10-31)58-39-6-4-5-36-40(39)43(55)49-44(56)41(36)54/h4-12,17-18,26,28,33-34,53H,2-3,13-16,19-25,27,29H2,1H3,(H,46,47,48)(H,49,55,56). The number of aliphatic hydroxyl groups is 1. The molecule has 3 aromatic carbocycles. The maximum Gasteiger partial charge on any atom is 0.299 e. The third-order valence-electron chi connectivity index (χ3n) is 11.5. The molecule has 2 aliphatic heterocycles. The zero-order valence-corrected chi connectivity index (χ0v) is 33.0. The molecule has 0 bridgehead atoms. The van der Waals surface area contributed by atoms with Crippen molar-refractivity contribution >= 4 is 34.6 Å². The van der Waals surface area contributed by atoms with Gasteiger partial charge >= 0.3 is 0 Å². The van der Waals surface area contributed by atoms with Gasteiger partial charge in [0.1, 0.15) is 17.1 Å². The molecule has 1 saturated heterocycles. The molecular weight excluding hydrogens is 735 g/mol. The Morgan fingerprint density at radius 1 is 0.862 bits per heavy atom. The van der Waals surface area contributed by atoms with Crippen LogP contribution in [0.1, 0.15) is 83.3 Å². The lowest BCUT2D eigenvalue weighted by atomic mass is 9.93. The Kier molecular flexibility index (Phi) is 12.2. The van der Waals surface area contributed by atoms with E-state index in [-0.39, 0.29) is 23.0 Å². The second-order valence-corrected chi connectivity index (χ2v) is 15.5. The SMILES string of the molecule is CCCCNc1ncc2c(-c3ccc(CN4CCN(CCOCc5ccc(Oc6cccc7c6C(=O)NC(=O)C7=O)cc5)CC4)cc3)cn(C3CCC(O)CC3)c2n1. The third kappa shape index (κ3) is 8.97. The number of hydrogen-bond donors (Lipinski definition) is 3. The van der Waals surface area contributed by atoms with Crippen LogP contribution in [0.4, 0.5) is 5.95 Å². The average Bonchev–Trinajstić information content (AvgIpc) is 3.62. The molecule has 2 fully saturated rings. The van der Waals surface area contributed by atoms with Crippen molar-refractivity contribution in [2.45, 2.75) is 70.7 Å². The average molecular weight is 786 g/mol. The molecule has 0 spiro atoms. The van der Waals surface area contributed by atoms with E-state index in [4.69, 9.17) is 14.5 Å². The smallest absolute Gasteiger partial charge is 0.299 e. The number of imide groups is 1. The Morgan fingerprint density at radius 3 is 2.36 bits per heavy atom. The van der Waals surface area contributed by atoms with E-state index >= 15 is 0 Å². The van der Waals surface area contributed by atoms with Crippen LogP contribution in [-0.4, -0.2) is 99.0 Å². The van der Waals surface area contributed by atoms with Gasteiger partial charge in [0.25, 0.3) is 17.6 Å². The first-order valence-corrected chi connectivity index (χ1v) is 20.5. The van der Waals surface area contributed by atoms with E-state index in [1.165, 1.54) is 11.6 Å². The second kappa shape index (κ2) is 18.0. The van der Waals surface area contributed by atoms with Crippen molar-refractivity contribution in [2.24, 2.45) is 0 Å². The second-order valence-electron chi connectivity index (χ2n) is 15.5. The van der Waals surface area contributed by atoms with Gasteiger partial charge in [0, 0.05) is 80.8 Å². The normalized spacial score (nSPS) is 19.0. The molecule has 5 aromatic rings. The van der Waals surface area contributed by atoms with E-state index in [1.807, 2.05) is 18.3 Å². The van der Waals surface area contributed by atoms with Gasteiger partial charge in [-0.2, -0.15) is 4.98 Å². The van der Waals surface area contributed by atoms with Crippen LogP contribution < -0.4 is 15.4 Å². The van der Waals surface area contributed by atoms with E-state index in [0.29, 0.717) is 31.0 Å². The molecule has 0 unspecified atom stereocenters. The summed E-state index contributed by atoms with van der Waals surface area (Å²) < 4.78 is 14.3. The first kappa shape index (κ1) is 39.4. The van der Waals surface area contributed by atoms with E-state index in [1.54, 1.807) is 24.3 Å². The maximum atomic E-state index is 12.4. The number of carbonyl (C=O) groups excluding carboxylic acids is 3. The lowest BCUT2D eigenvalue weighted by molar-refractivity contribution is -0.116. The molecule has 13 heteroatoms. The number of ether oxygens (including phenoxy) is 2. The summed E-state index contributed by atoms with van der Waals surface area (Å²) in [4.78, 5) is 51.0. The summed E-state index contributed by atoms with van der Waals surface area (Å²) in [6.45, 7) is 9.86. The van der Waals surface area contributed by atoms with Crippen molar-refractivity contribution in [1.29, 1.82) is 0 Å². The number of anilines is 1. The summed E-state index contributed by atoms with van der Waals surface area (Å²) in [5.41, 5.74) is 5.65. The topological polar surface area (TPSA) is 151 Å². The van der Waals surface area contributed by atoms with E-state index < -0.39 is 17.6 Å². The van der Waals surface area contributed by atoms with Gasteiger partial charge in [0.2, 0.25) is 5.95 Å². The van der Waals surface area contributed by atoms with Crippen LogP contribution >= 0.6 is 0 Å². The number of rotatable bonds is 15. The van der Waals surface area contributed by atoms with Gasteiger partial charge in [-0.15, -0.1) is 0 Å². The van der Waals surface area contributed by atoms with Crippen LogP contribution in [0.15, 0.2) is 79.1 Å². The van der Waals surface area contributed by atoms with Crippen LogP contribution in [0.25, 0.3) is 22.2 Å². The number of unbranched alkanes of at least 4 members (excludes halogenated alkanes) is 1. The zero-order valence-electron chi connectivity index (χ0n) is 33.0. The fourth-order valence-electron chi connectivity index (χ4n) is 8.10. The minimum absolute atomic E-state index is 0.0405. The predicted octanol–water partition coefficient (Wildman–Crippen LogP) is 6.37. The number of nitrogens with one attached hydrogen (secondary N) is 2. The van der Waals surface area contributed by atoms with Crippen molar-refractivity contribution in [3.8, 4) is 22.6 Å². The van der Waals surface area contributed by atoms with Crippen LogP contribution in [0.3, 0.4) is 0 Å². The fraction of sp³-hybridized carbons (Fsp3) is 0.400. The first-order chi connectivity index (χ1) is 28.3. The van der Waals surface area contributed by atoms with Gasteiger partial charge in [0.05, 0.1) is 24.9 Å². The van der Waals surface area contributed by atoms with Crippen molar-refractivity contribution in [3.05, 3.63) is 101 Å². The molecule has 302 valence electrons. The van der Waals surface area contributed by atoms with E-state index in [0.717, 1.165) is 112 Å². The molecule has 0 atom stereocenters. The molecule has 13 nitrogen and oxygen atoms in total. The van der Waals surface area contributed by atoms with Crippen molar-refractivity contribution in [3.63, 3.8) is 0 Å². The molecule has 8 rings (SSSR count). The number of benzene rings is 3. The number of piperazine rings is 1. The molecule has 2 aromatic heterocycles. The number of carbonyl (C=O) groups is 3. The Morgan fingerprint density at radius 2 is 1.60 bits per heavy atom. The Labute approximate surface area is 338 Å². The van der Waals surface area contributed by atoms with Gasteiger partial charge in [-0.25, -0.2) is 4.98 Å². The molecule has 0 radical (unpaired) electrons. The summed E-state index contributed by atoms with van der Waals surface area (Å²) in [6.07, 6.45) is 9.72. The summed E-state index contributed by atoms with van der Waals surface area (Å²) in [5, 5.41) is 16.7. The lowest BCUT2D eigenvalue weighted by Crippen LogP contribution is -2.46. The highest BCUT2D eigenvalue weighted by Gasteiger charge is 2.33. The largest absolute Gasteiger partial charge is 0.457 e. The summed E-state index contributed by atoms with van der Waals surface area (Å²) in [7, 11) is 0. The van der Waals surface area contributed by atoms with Gasteiger partial charge in [-0.3, -0.25) is 29.5 Å². The van der Waals surface area contributed by atoms with Gasteiger partial charge in [-0.05, 0) is 73.1 Å². The van der Waals surface area contributed by atoms with Crippen LogP contribution in [0.2, 0.25) is 0 Å². The third-order valence-corrected chi connectivity index (χ3v) is 11.5. The summed E-state index contributed by atoms with van der Waals surface area (Å²) >= 11 is 0. The lowest BCUT2D eigenvalue weighted by Gasteiger charge is -2.34. The molecule has 3 aliphatic rings. The number of ketones is 1. The predicted molar refractivity (Wildman–Crippen MR) is 221 cm³/mol. The molecule has 1 saturated carbocycles. The van der Waals surface area contributed by atoms with Gasteiger partial charge in [0.15, 0.2) is 0 Å². The Bertz CT molecular complexity index is 2240. The van der Waals surface area contributed by atoms with Crippen LogP contribution in [0, 0.1) is 0 Å². The molecule has 58 heavy (non-hydrogen) atoms. The highest BCUT2D eigenvalue weighted by molar-refractivity contribution is 6.49. The van der Waals surface area contributed by atoms with E-state index in [2.05, 4.69) is 67.4 Å². The van der Waals surface area contributed by atoms with Gasteiger partial charge < -0.3 is 24.5 Å². The Hall–Kier alpha value is -5.47. The maximum absolute atomic E-state index is 12.4. The van der Waals surface area contributed by atoms with Crippen molar-refractivity contribution in [2.75, 3.05) is 51.2 Å². The minimum Gasteiger partial charge on any atom is -0.457 e. The molecular formula is C45H51N7O6. The highest BCUT2D eigenvalue weighted by atomic mass is 16.5. The molecule has 2 amide bonds. The quantitative estimate of drug-likeness (QED) is 0.0618. The number of aromatic nitrogens is 3. The highest BCUT2D eigenvalue weighted by Crippen LogP contribution is 2.37. The zero-order chi connectivity index (χ0) is 40.0. The van der Waals surface area contributed by atoms with Gasteiger partial charge in [-0.1, -0.05) is 55.8 Å². The number of fused-ring (bicyclic) bond motifs is 2. The van der Waals surface area contributed by atoms with Crippen molar-refractivity contribution < 1.29 is 29.0 Å².